The minimum atomic E-state index is -1.24. The largest absolute Gasteiger partial charge is 0.419 e. The predicted octanol–water partition coefficient (Wildman–Crippen LogP) is 1.22. The van der Waals surface area contributed by atoms with Crippen LogP contribution in [-0.4, -0.2) is 36.0 Å². The number of rotatable bonds is 5. The van der Waals surface area contributed by atoms with Crippen LogP contribution in [0.3, 0.4) is 0 Å². The second-order valence-electron chi connectivity index (χ2n) is 5.11. The normalized spacial score (nSPS) is 16.6. The van der Waals surface area contributed by atoms with Crippen LogP contribution in [0.5, 0.6) is 0 Å². The SMILES string of the molecule is CC1(C)OC(=O)C(=CNc2ccc(NCCO)cc2)C(=O)O1. The number of hydrogen-bond donors (Lipinski definition) is 3. The molecule has 118 valence electrons. The fourth-order valence-corrected chi connectivity index (χ4v) is 1.82. The standard InChI is InChI=1S/C15H18N2O5/c1-15(2)21-13(19)12(14(20)22-15)9-17-11-5-3-10(4-6-11)16-7-8-18/h3-6,9,16-18H,7-8H2,1-2H3. The lowest BCUT2D eigenvalue weighted by Crippen LogP contribution is -2.42. The van der Waals surface area contributed by atoms with E-state index in [1.54, 1.807) is 24.3 Å². The highest BCUT2D eigenvalue weighted by atomic mass is 16.7. The number of hydrogen-bond acceptors (Lipinski definition) is 7. The highest BCUT2D eigenvalue weighted by Crippen LogP contribution is 2.22. The molecule has 1 fully saturated rings. The van der Waals surface area contributed by atoms with Crippen molar-refractivity contribution in [3.8, 4) is 0 Å². The van der Waals surface area contributed by atoms with E-state index < -0.39 is 17.7 Å². The molecule has 0 spiro atoms. The van der Waals surface area contributed by atoms with Crippen molar-refractivity contribution in [3.63, 3.8) is 0 Å². The summed E-state index contributed by atoms with van der Waals surface area (Å²) in [5.41, 5.74) is 1.35. The third-order valence-electron chi connectivity index (χ3n) is 2.83. The van der Waals surface area contributed by atoms with Gasteiger partial charge >= 0.3 is 11.9 Å². The van der Waals surface area contributed by atoms with Crippen LogP contribution in [0.15, 0.2) is 36.0 Å². The monoisotopic (exact) mass is 306 g/mol. The number of anilines is 2. The summed E-state index contributed by atoms with van der Waals surface area (Å²) in [7, 11) is 0. The predicted molar refractivity (Wildman–Crippen MR) is 80.0 cm³/mol. The van der Waals surface area contributed by atoms with Gasteiger partial charge in [0.1, 0.15) is 0 Å². The van der Waals surface area contributed by atoms with Crippen molar-refractivity contribution in [2.24, 2.45) is 0 Å². The molecular formula is C15H18N2O5. The van der Waals surface area contributed by atoms with Crippen molar-refractivity contribution in [3.05, 3.63) is 36.0 Å². The molecule has 1 aromatic rings. The lowest BCUT2D eigenvalue weighted by Gasteiger charge is -2.29. The molecule has 0 unspecified atom stereocenters. The second-order valence-corrected chi connectivity index (χ2v) is 5.11. The Kier molecular flexibility index (Phi) is 4.67. The first-order chi connectivity index (χ1) is 10.4. The van der Waals surface area contributed by atoms with Crippen molar-refractivity contribution in [2.75, 3.05) is 23.8 Å². The summed E-state index contributed by atoms with van der Waals surface area (Å²) in [5, 5.41) is 14.6. The van der Waals surface area contributed by atoms with Crippen molar-refractivity contribution in [1.82, 2.24) is 0 Å². The third kappa shape index (κ3) is 3.98. The molecule has 7 heteroatoms. The van der Waals surface area contributed by atoms with E-state index >= 15 is 0 Å². The van der Waals surface area contributed by atoms with Gasteiger partial charge in [0.15, 0.2) is 5.57 Å². The molecule has 1 aromatic carbocycles. The van der Waals surface area contributed by atoms with Crippen LogP contribution in [-0.2, 0) is 19.1 Å². The molecule has 0 radical (unpaired) electrons. The third-order valence-corrected chi connectivity index (χ3v) is 2.83. The molecule has 1 heterocycles. The summed E-state index contributed by atoms with van der Waals surface area (Å²) >= 11 is 0. The number of carbonyl (C=O) groups excluding carboxylic acids is 2. The fraction of sp³-hybridized carbons (Fsp3) is 0.333. The molecule has 1 saturated heterocycles. The van der Waals surface area contributed by atoms with Crippen LogP contribution in [0.2, 0.25) is 0 Å². The first-order valence-corrected chi connectivity index (χ1v) is 6.79. The maximum atomic E-state index is 11.7. The Balaban J connectivity index is 2.02. The van der Waals surface area contributed by atoms with E-state index in [-0.39, 0.29) is 12.2 Å². The van der Waals surface area contributed by atoms with Gasteiger partial charge < -0.3 is 25.2 Å². The van der Waals surface area contributed by atoms with E-state index in [4.69, 9.17) is 14.6 Å². The van der Waals surface area contributed by atoms with Crippen LogP contribution in [0.1, 0.15) is 13.8 Å². The zero-order chi connectivity index (χ0) is 16.2. The number of aliphatic hydroxyl groups excluding tert-OH is 1. The molecule has 1 aliphatic heterocycles. The van der Waals surface area contributed by atoms with Gasteiger partial charge in [0.25, 0.3) is 5.79 Å². The average Bonchev–Trinajstić information content (AvgIpc) is 2.44. The number of aliphatic hydroxyl groups is 1. The maximum Gasteiger partial charge on any atom is 0.350 e. The molecule has 0 bridgehead atoms. The molecule has 2 rings (SSSR count). The van der Waals surface area contributed by atoms with E-state index in [2.05, 4.69) is 10.6 Å². The van der Waals surface area contributed by atoms with Crippen LogP contribution >= 0.6 is 0 Å². The Hall–Kier alpha value is -2.54. The van der Waals surface area contributed by atoms with Gasteiger partial charge in [0, 0.05) is 38.0 Å². The first kappa shape index (κ1) is 15.8. The van der Waals surface area contributed by atoms with Gasteiger partial charge in [0.2, 0.25) is 0 Å². The molecule has 0 amide bonds. The topological polar surface area (TPSA) is 96.9 Å². The van der Waals surface area contributed by atoms with Crippen LogP contribution < -0.4 is 10.6 Å². The van der Waals surface area contributed by atoms with E-state index in [9.17, 15) is 9.59 Å². The van der Waals surface area contributed by atoms with Gasteiger partial charge in [-0.2, -0.15) is 0 Å². The number of cyclic esters (lactones) is 2. The Morgan fingerprint density at radius 1 is 1.09 bits per heavy atom. The quantitative estimate of drug-likeness (QED) is 0.427. The minimum absolute atomic E-state index is 0.0483. The second kappa shape index (κ2) is 6.48. The van der Waals surface area contributed by atoms with E-state index in [1.807, 2.05) is 0 Å². The summed E-state index contributed by atoms with van der Waals surface area (Å²) in [5.74, 6) is -2.70. The highest BCUT2D eigenvalue weighted by Gasteiger charge is 2.38. The van der Waals surface area contributed by atoms with Crippen molar-refractivity contribution in [1.29, 1.82) is 0 Å². The highest BCUT2D eigenvalue weighted by molar-refractivity contribution is 6.15. The number of ether oxygens (including phenoxy) is 2. The van der Waals surface area contributed by atoms with Gasteiger partial charge in [0.05, 0.1) is 6.61 Å². The first-order valence-electron chi connectivity index (χ1n) is 6.79. The van der Waals surface area contributed by atoms with Crippen LogP contribution in [0.4, 0.5) is 11.4 Å². The molecule has 1 aliphatic rings. The zero-order valence-corrected chi connectivity index (χ0v) is 12.4. The Morgan fingerprint density at radius 3 is 2.18 bits per heavy atom. The Labute approximate surface area is 127 Å². The summed E-state index contributed by atoms with van der Waals surface area (Å²) in [4.78, 5) is 23.5. The van der Waals surface area contributed by atoms with Crippen LogP contribution in [0, 0.1) is 0 Å². The van der Waals surface area contributed by atoms with Gasteiger partial charge in [-0.3, -0.25) is 0 Å². The molecular weight excluding hydrogens is 288 g/mol. The average molecular weight is 306 g/mol. The zero-order valence-electron chi connectivity index (χ0n) is 12.4. The van der Waals surface area contributed by atoms with Crippen molar-refractivity contribution >= 4 is 23.3 Å². The van der Waals surface area contributed by atoms with Gasteiger partial charge in [-0.05, 0) is 24.3 Å². The van der Waals surface area contributed by atoms with E-state index in [1.165, 1.54) is 20.0 Å². The van der Waals surface area contributed by atoms with Gasteiger partial charge in [-0.25, -0.2) is 9.59 Å². The van der Waals surface area contributed by atoms with Gasteiger partial charge in [-0.1, -0.05) is 0 Å². The molecule has 0 saturated carbocycles. The maximum absolute atomic E-state index is 11.7. The summed E-state index contributed by atoms with van der Waals surface area (Å²) < 4.78 is 9.97. The molecule has 22 heavy (non-hydrogen) atoms. The minimum Gasteiger partial charge on any atom is -0.419 e. The van der Waals surface area contributed by atoms with Crippen molar-refractivity contribution < 1.29 is 24.2 Å². The lowest BCUT2D eigenvalue weighted by molar-refractivity contribution is -0.222. The van der Waals surface area contributed by atoms with Crippen molar-refractivity contribution in [2.45, 2.75) is 19.6 Å². The Morgan fingerprint density at radius 2 is 1.64 bits per heavy atom. The number of benzene rings is 1. The van der Waals surface area contributed by atoms with E-state index in [0.29, 0.717) is 12.2 Å². The fourth-order valence-electron chi connectivity index (χ4n) is 1.82. The Bertz CT molecular complexity index is 570. The summed E-state index contributed by atoms with van der Waals surface area (Å²) in [6.45, 7) is 3.49. The number of esters is 2. The lowest BCUT2D eigenvalue weighted by atomic mass is 10.2. The summed E-state index contributed by atoms with van der Waals surface area (Å²) in [6, 6.07) is 7.13. The molecule has 0 atom stereocenters. The number of carbonyl (C=O) groups is 2. The van der Waals surface area contributed by atoms with Crippen LogP contribution in [0.25, 0.3) is 0 Å². The van der Waals surface area contributed by atoms with Gasteiger partial charge in [-0.15, -0.1) is 0 Å². The number of nitrogens with one attached hydrogen (secondary N) is 2. The van der Waals surface area contributed by atoms with E-state index in [0.717, 1.165) is 5.69 Å². The summed E-state index contributed by atoms with van der Waals surface area (Å²) in [6.07, 6.45) is 1.26. The molecule has 7 nitrogen and oxygen atoms in total. The molecule has 0 aromatic heterocycles. The molecule has 3 N–H and O–H groups in total. The molecule has 0 aliphatic carbocycles. The smallest absolute Gasteiger partial charge is 0.350 e.